The minimum atomic E-state index is -0.790. The zero-order valence-electron chi connectivity index (χ0n) is 10.8. The fourth-order valence-corrected chi connectivity index (χ4v) is 2.29. The Bertz CT molecular complexity index is 452. The number of nitrogens with one attached hydrogen (secondary N) is 1. The van der Waals surface area contributed by atoms with Crippen LogP contribution in [0.15, 0.2) is 24.3 Å². The molecule has 0 aromatic heterocycles. The van der Waals surface area contributed by atoms with Gasteiger partial charge < -0.3 is 15.2 Å². The van der Waals surface area contributed by atoms with Gasteiger partial charge in [-0.1, -0.05) is 29.8 Å². The second kappa shape index (κ2) is 6.37. The van der Waals surface area contributed by atoms with Gasteiger partial charge in [-0.15, -0.1) is 0 Å². The average molecular weight is 284 g/mol. The topological polar surface area (TPSA) is 58.6 Å². The fraction of sp³-hybridized carbons (Fsp3) is 0.500. The molecule has 1 fully saturated rings. The largest absolute Gasteiger partial charge is 0.387 e. The van der Waals surface area contributed by atoms with Crippen molar-refractivity contribution in [1.29, 1.82) is 0 Å². The first-order valence-electron chi connectivity index (χ1n) is 6.45. The third kappa shape index (κ3) is 3.69. The highest BCUT2D eigenvalue weighted by Gasteiger charge is 2.43. The summed E-state index contributed by atoms with van der Waals surface area (Å²) in [6.07, 6.45) is 0.0198. The molecule has 3 atom stereocenters. The van der Waals surface area contributed by atoms with Crippen molar-refractivity contribution in [2.24, 2.45) is 5.92 Å². The number of aliphatic hydroxyl groups is 1. The van der Waals surface area contributed by atoms with Crippen molar-refractivity contribution < 1.29 is 14.6 Å². The van der Waals surface area contributed by atoms with E-state index in [-0.39, 0.29) is 24.5 Å². The fourth-order valence-electron chi connectivity index (χ4n) is 2.03. The summed E-state index contributed by atoms with van der Waals surface area (Å²) in [7, 11) is 0. The number of hydrogen-bond acceptors (Lipinski definition) is 3. The Morgan fingerprint density at radius 3 is 3.00 bits per heavy atom. The Morgan fingerprint density at radius 1 is 1.58 bits per heavy atom. The van der Waals surface area contributed by atoms with Crippen LogP contribution in [0.25, 0.3) is 0 Å². The van der Waals surface area contributed by atoms with Crippen LogP contribution in [0.1, 0.15) is 25.0 Å². The second-order valence-corrected chi connectivity index (χ2v) is 5.03. The lowest BCUT2D eigenvalue weighted by molar-refractivity contribution is -0.123. The Kier molecular flexibility index (Phi) is 4.80. The first kappa shape index (κ1) is 14.3. The molecule has 104 valence electrons. The Balaban J connectivity index is 1.80. The molecule has 5 heteroatoms. The summed E-state index contributed by atoms with van der Waals surface area (Å²) in [5.74, 6) is -0.136. The highest BCUT2D eigenvalue weighted by molar-refractivity contribution is 6.31. The van der Waals surface area contributed by atoms with Crippen LogP contribution < -0.4 is 5.32 Å². The molecule has 1 aromatic carbocycles. The molecule has 1 aliphatic rings. The monoisotopic (exact) mass is 283 g/mol. The molecule has 1 saturated carbocycles. The molecule has 1 aliphatic carbocycles. The Labute approximate surface area is 117 Å². The predicted octanol–water partition coefficient (Wildman–Crippen LogP) is 1.91. The van der Waals surface area contributed by atoms with E-state index in [0.717, 1.165) is 6.42 Å². The first-order chi connectivity index (χ1) is 9.13. The average Bonchev–Trinajstić information content (AvgIpc) is 3.16. The molecule has 2 N–H and O–H groups in total. The molecule has 1 amide bonds. The maximum Gasteiger partial charge on any atom is 0.225 e. The number of halogens is 1. The van der Waals surface area contributed by atoms with Gasteiger partial charge in [0.05, 0.1) is 18.1 Å². The molecule has 3 unspecified atom stereocenters. The molecule has 4 nitrogen and oxygen atoms in total. The summed E-state index contributed by atoms with van der Waals surface area (Å²) in [6, 6.07) is 7.07. The minimum Gasteiger partial charge on any atom is -0.387 e. The van der Waals surface area contributed by atoms with Gasteiger partial charge in [-0.05, 0) is 19.4 Å². The Morgan fingerprint density at radius 2 is 2.32 bits per heavy atom. The molecular formula is C14H18ClNO3. The molecule has 0 bridgehead atoms. The predicted molar refractivity (Wildman–Crippen MR) is 72.9 cm³/mol. The van der Waals surface area contributed by atoms with E-state index in [1.165, 1.54) is 0 Å². The van der Waals surface area contributed by atoms with E-state index < -0.39 is 6.10 Å². The van der Waals surface area contributed by atoms with Crippen LogP contribution in [0.2, 0.25) is 5.02 Å². The van der Waals surface area contributed by atoms with Gasteiger partial charge >= 0.3 is 0 Å². The van der Waals surface area contributed by atoms with Crippen LogP contribution in [0, 0.1) is 5.92 Å². The van der Waals surface area contributed by atoms with Gasteiger partial charge in [0.15, 0.2) is 0 Å². The molecule has 2 rings (SSSR count). The zero-order chi connectivity index (χ0) is 13.8. The van der Waals surface area contributed by atoms with Crippen molar-refractivity contribution in [1.82, 2.24) is 5.32 Å². The van der Waals surface area contributed by atoms with Crippen molar-refractivity contribution in [2.45, 2.75) is 25.6 Å². The van der Waals surface area contributed by atoms with Gasteiger partial charge in [0, 0.05) is 23.7 Å². The van der Waals surface area contributed by atoms with Crippen LogP contribution in [-0.2, 0) is 9.53 Å². The minimum absolute atomic E-state index is 0.0439. The van der Waals surface area contributed by atoms with Gasteiger partial charge in [0.2, 0.25) is 5.91 Å². The van der Waals surface area contributed by atoms with Crippen molar-refractivity contribution in [3.8, 4) is 0 Å². The van der Waals surface area contributed by atoms with Crippen LogP contribution in [0.5, 0.6) is 0 Å². The number of carbonyl (C=O) groups excluding carboxylic acids is 1. The van der Waals surface area contributed by atoms with E-state index in [1.54, 1.807) is 24.3 Å². The highest BCUT2D eigenvalue weighted by atomic mass is 35.5. The van der Waals surface area contributed by atoms with Gasteiger partial charge in [0.1, 0.15) is 0 Å². The molecule has 0 heterocycles. The van der Waals surface area contributed by atoms with E-state index in [9.17, 15) is 9.90 Å². The van der Waals surface area contributed by atoms with Gasteiger partial charge in [-0.2, -0.15) is 0 Å². The van der Waals surface area contributed by atoms with Crippen LogP contribution in [0.4, 0.5) is 0 Å². The molecule has 0 aliphatic heterocycles. The lowest BCUT2D eigenvalue weighted by Gasteiger charge is -2.13. The summed E-state index contributed by atoms with van der Waals surface area (Å²) in [4.78, 5) is 11.8. The maximum atomic E-state index is 11.8. The van der Waals surface area contributed by atoms with Crippen LogP contribution in [-0.4, -0.2) is 30.3 Å². The number of benzene rings is 1. The maximum absolute atomic E-state index is 11.8. The van der Waals surface area contributed by atoms with E-state index in [2.05, 4.69) is 5.32 Å². The van der Waals surface area contributed by atoms with Crippen molar-refractivity contribution in [3.05, 3.63) is 34.9 Å². The zero-order valence-corrected chi connectivity index (χ0v) is 11.6. The summed E-state index contributed by atoms with van der Waals surface area (Å²) in [5, 5.41) is 13.2. The standard InChI is InChI=1S/C14H18ClNO3/c1-2-19-13-7-10(13)14(18)16-8-12(17)9-5-3-4-6-11(9)15/h3-6,10,12-13,17H,2,7-8H2,1H3,(H,16,18). The van der Waals surface area contributed by atoms with E-state index in [0.29, 0.717) is 17.2 Å². The van der Waals surface area contributed by atoms with Gasteiger partial charge in [0.25, 0.3) is 0 Å². The number of carbonyl (C=O) groups is 1. The van der Waals surface area contributed by atoms with Crippen LogP contribution >= 0.6 is 11.6 Å². The summed E-state index contributed by atoms with van der Waals surface area (Å²) >= 11 is 5.98. The highest BCUT2D eigenvalue weighted by Crippen LogP contribution is 2.33. The molecule has 0 saturated heterocycles. The molecule has 19 heavy (non-hydrogen) atoms. The van der Waals surface area contributed by atoms with Crippen LogP contribution in [0.3, 0.4) is 0 Å². The van der Waals surface area contributed by atoms with Gasteiger partial charge in [-0.25, -0.2) is 0 Å². The summed E-state index contributed by atoms with van der Waals surface area (Å²) in [6.45, 7) is 2.70. The third-order valence-corrected chi connectivity index (χ3v) is 3.53. The van der Waals surface area contributed by atoms with E-state index in [4.69, 9.17) is 16.3 Å². The normalized spacial score (nSPS) is 22.9. The smallest absolute Gasteiger partial charge is 0.225 e. The Hall–Kier alpha value is -1.10. The second-order valence-electron chi connectivity index (χ2n) is 4.62. The number of hydrogen-bond donors (Lipinski definition) is 2. The number of ether oxygens (including phenoxy) is 1. The molecule has 0 spiro atoms. The molecular weight excluding hydrogens is 266 g/mol. The lowest BCUT2D eigenvalue weighted by atomic mass is 10.1. The number of aliphatic hydroxyl groups excluding tert-OH is 1. The number of rotatable bonds is 6. The lowest BCUT2D eigenvalue weighted by Crippen LogP contribution is -2.30. The van der Waals surface area contributed by atoms with Crippen molar-refractivity contribution in [2.75, 3.05) is 13.2 Å². The van der Waals surface area contributed by atoms with Crippen molar-refractivity contribution in [3.63, 3.8) is 0 Å². The first-order valence-corrected chi connectivity index (χ1v) is 6.83. The third-order valence-electron chi connectivity index (χ3n) is 3.18. The van der Waals surface area contributed by atoms with E-state index in [1.807, 2.05) is 6.92 Å². The summed E-state index contributed by atoms with van der Waals surface area (Å²) in [5.41, 5.74) is 0.627. The molecule has 0 radical (unpaired) electrons. The van der Waals surface area contributed by atoms with E-state index >= 15 is 0 Å². The SMILES string of the molecule is CCOC1CC1C(=O)NCC(O)c1ccccc1Cl. The summed E-state index contributed by atoms with van der Waals surface area (Å²) < 4.78 is 5.35. The van der Waals surface area contributed by atoms with Gasteiger partial charge in [-0.3, -0.25) is 4.79 Å². The van der Waals surface area contributed by atoms with Crippen molar-refractivity contribution >= 4 is 17.5 Å². The molecule has 1 aromatic rings. The number of amides is 1. The quantitative estimate of drug-likeness (QED) is 0.838.